The van der Waals surface area contributed by atoms with Gasteiger partial charge in [0.2, 0.25) is 5.95 Å². The molecule has 0 spiro atoms. The third-order valence-electron chi connectivity index (χ3n) is 4.17. The van der Waals surface area contributed by atoms with Crippen LogP contribution in [0.15, 0.2) is 0 Å². The molecular formula is C17H27N3O3. The van der Waals surface area contributed by atoms with Crippen molar-refractivity contribution in [1.82, 2.24) is 9.97 Å². The number of hydrogen-bond acceptors (Lipinski definition) is 6. The highest BCUT2D eigenvalue weighted by Gasteiger charge is 2.32. The lowest BCUT2D eigenvalue weighted by molar-refractivity contribution is -0.150. The monoisotopic (exact) mass is 321 g/mol. The van der Waals surface area contributed by atoms with Crippen molar-refractivity contribution >= 4 is 11.9 Å². The molecule has 2 heterocycles. The average molecular weight is 321 g/mol. The summed E-state index contributed by atoms with van der Waals surface area (Å²) >= 11 is 0. The summed E-state index contributed by atoms with van der Waals surface area (Å²) < 4.78 is 4.68. The predicted octanol–water partition coefficient (Wildman–Crippen LogP) is 2.28. The highest BCUT2D eigenvalue weighted by atomic mass is 16.5. The van der Waals surface area contributed by atoms with Gasteiger partial charge in [0.15, 0.2) is 6.10 Å². The predicted molar refractivity (Wildman–Crippen MR) is 88.5 cm³/mol. The lowest BCUT2D eigenvalue weighted by Gasteiger charge is -2.30. The molecule has 0 aromatic carbocycles. The van der Waals surface area contributed by atoms with E-state index in [4.69, 9.17) is 4.98 Å². The normalized spacial score (nSPS) is 17.0. The van der Waals surface area contributed by atoms with Crippen molar-refractivity contribution in [3.05, 3.63) is 17.0 Å². The number of carbonyl (C=O) groups excluding carboxylic acids is 1. The van der Waals surface area contributed by atoms with Gasteiger partial charge in [-0.1, -0.05) is 20.8 Å². The van der Waals surface area contributed by atoms with Crippen molar-refractivity contribution in [3.63, 3.8) is 0 Å². The van der Waals surface area contributed by atoms with E-state index in [1.165, 1.54) is 13.5 Å². The molecule has 0 aliphatic carbocycles. The van der Waals surface area contributed by atoms with Gasteiger partial charge in [0.1, 0.15) is 0 Å². The SMILES string of the molecule is COC(=O)C(O)c1c(C)nc(N2CCCCC2)nc1C(C)(C)C. The minimum Gasteiger partial charge on any atom is -0.467 e. The fraction of sp³-hybridized carbons (Fsp3) is 0.706. The molecule has 0 radical (unpaired) electrons. The maximum atomic E-state index is 11.8. The number of ether oxygens (including phenoxy) is 1. The third kappa shape index (κ3) is 3.80. The molecule has 6 heteroatoms. The Balaban J connectivity index is 2.52. The Morgan fingerprint density at radius 3 is 2.35 bits per heavy atom. The van der Waals surface area contributed by atoms with E-state index in [0.29, 0.717) is 22.9 Å². The summed E-state index contributed by atoms with van der Waals surface area (Å²) in [6, 6.07) is 0. The number of rotatable bonds is 3. The number of aliphatic hydroxyl groups excluding tert-OH is 1. The lowest BCUT2D eigenvalue weighted by Crippen LogP contribution is -2.33. The molecule has 1 aliphatic heterocycles. The van der Waals surface area contributed by atoms with Crippen molar-refractivity contribution in [2.24, 2.45) is 0 Å². The fourth-order valence-electron chi connectivity index (χ4n) is 2.93. The number of esters is 1. The molecule has 6 nitrogen and oxygen atoms in total. The Hall–Kier alpha value is -1.69. The van der Waals surface area contributed by atoms with Gasteiger partial charge >= 0.3 is 5.97 Å². The number of piperidine rings is 1. The number of anilines is 1. The van der Waals surface area contributed by atoms with Crippen LogP contribution in [0.25, 0.3) is 0 Å². The zero-order valence-corrected chi connectivity index (χ0v) is 14.7. The molecule has 0 amide bonds. The van der Waals surface area contributed by atoms with Crippen molar-refractivity contribution in [2.45, 2.75) is 58.5 Å². The molecule has 23 heavy (non-hydrogen) atoms. The van der Waals surface area contributed by atoms with Crippen LogP contribution >= 0.6 is 0 Å². The Kier molecular flexibility index (Phi) is 5.24. The van der Waals surface area contributed by atoms with Crippen LogP contribution in [0.5, 0.6) is 0 Å². The number of hydrogen-bond donors (Lipinski definition) is 1. The van der Waals surface area contributed by atoms with Crippen LogP contribution in [0.2, 0.25) is 0 Å². The Morgan fingerprint density at radius 1 is 1.22 bits per heavy atom. The second kappa shape index (κ2) is 6.83. The van der Waals surface area contributed by atoms with Gasteiger partial charge in [0.25, 0.3) is 0 Å². The number of aromatic nitrogens is 2. The highest BCUT2D eigenvalue weighted by molar-refractivity contribution is 5.77. The highest BCUT2D eigenvalue weighted by Crippen LogP contribution is 2.32. The molecule has 1 unspecified atom stereocenters. The number of methoxy groups -OCH3 is 1. The van der Waals surface area contributed by atoms with Crippen LogP contribution < -0.4 is 4.90 Å². The van der Waals surface area contributed by atoms with Crippen LogP contribution in [0.4, 0.5) is 5.95 Å². The van der Waals surface area contributed by atoms with E-state index < -0.39 is 12.1 Å². The first kappa shape index (κ1) is 17.7. The van der Waals surface area contributed by atoms with E-state index in [-0.39, 0.29) is 5.41 Å². The van der Waals surface area contributed by atoms with Crippen molar-refractivity contribution < 1.29 is 14.6 Å². The van der Waals surface area contributed by atoms with Gasteiger partial charge in [-0.05, 0) is 26.2 Å². The van der Waals surface area contributed by atoms with E-state index in [2.05, 4.69) is 14.6 Å². The number of nitrogens with zero attached hydrogens (tertiary/aromatic N) is 3. The topological polar surface area (TPSA) is 75.6 Å². The summed E-state index contributed by atoms with van der Waals surface area (Å²) in [5, 5.41) is 10.3. The third-order valence-corrected chi connectivity index (χ3v) is 4.17. The van der Waals surface area contributed by atoms with Crippen molar-refractivity contribution in [2.75, 3.05) is 25.1 Å². The van der Waals surface area contributed by atoms with Crippen LogP contribution in [0.3, 0.4) is 0 Å². The summed E-state index contributed by atoms with van der Waals surface area (Å²) in [6.45, 7) is 9.75. The number of carbonyl (C=O) groups is 1. The molecule has 0 bridgehead atoms. The maximum Gasteiger partial charge on any atom is 0.339 e. The molecule has 1 atom stereocenters. The van der Waals surface area contributed by atoms with Gasteiger partial charge in [-0.25, -0.2) is 14.8 Å². The van der Waals surface area contributed by atoms with Gasteiger partial charge in [0, 0.05) is 29.8 Å². The minimum atomic E-state index is -1.36. The first-order chi connectivity index (χ1) is 10.8. The molecule has 1 fully saturated rings. The van der Waals surface area contributed by atoms with Gasteiger partial charge < -0.3 is 14.7 Å². The lowest BCUT2D eigenvalue weighted by atomic mass is 9.86. The average Bonchev–Trinajstić information content (AvgIpc) is 2.52. The van der Waals surface area contributed by atoms with Crippen molar-refractivity contribution in [1.29, 1.82) is 0 Å². The summed E-state index contributed by atoms with van der Waals surface area (Å²) in [5.41, 5.74) is 1.47. The minimum absolute atomic E-state index is 0.317. The van der Waals surface area contributed by atoms with Crippen molar-refractivity contribution in [3.8, 4) is 0 Å². The Morgan fingerprint density at radius 2 is 1.83 bits per heavy atom. The van der Waals surface area contributed by atoms with E-state index in [1.54, 1.807) is 0 Å². The summed E-state index contributed by atoms with van der Waals surface area (Å²) in [4.78, 5) is 23.2. The zero-order valence-electron chi connectivity index (χ0n) is 14.7. The quantitative estimate of drug-likeness (QED) is 0.861. The van der Waals surface area contributed by atoms with E-state index in [1.807, 2.05) is 27.7 Å². The second-order valence-corrected chi connectivity index (χ2v) is 7.09. The van der Waals surface area contributed by atoms with E-state index >= 15 is 0 Å². The van der Waals surface area contributed by atoms with Gasteiger partial charge in [-0.15, -0.1) is 0 Å². The standard InChI is InChI=1S/C17H27N3O3/c1-11-12(13(21)15(22)23-5)14(17(2,3)4)19-16(18-11)20-9-7-6-8-10-20/h13,21H,6-10H2,1-5H3. The first-order valence-electron chi connectivity index (χ1n) is 8.15. The molecule has 128 valence electrons. The molecule has 1 aliphatic rings. The number of aliphatic hydroxyl groups is 1. The Bertz CT molecular complexity index is 575. The van der Waals surface area contributed by atoms with E-state index in [0.717, 1.165) is 25.9 Å². The van der Waals surface area contributed by atoms with E-state index in [9.17, 15) is 9.90 Å². The van der Waals surface area contributed by atoms with Crippen LogP contribution in [0, 0.1) is 6.92 Å². The van der Waals surface area contributed by atoms with Gasteiger partial charge in [-0.2, -0.15) is 0 Å². The maximum absolute atomic E-state index is 11.8. The van der Waals surface area contributed by atoms with Gasteiger partial charge in [0.05, 0.1) is 12.8 Å². The summed E-state index contributed by atoms with van der Waals surface area (Å²) in [5.74, 6) is 0.000799. The smallest absolute Gasteiger partial charge is 0.339 e. The summed E-state index contributed by atoms with van der Waals surface area (Å²) in [7, 11) is 1.26. The molecule has 1 aromatic rings. The second-order valence-electron chi connectivity index (χ2n) is 7.09. The molecule has 2 rings (SSSR count). The van der Waals surface area contributed by atoms with Crippen LogP contribution in [-0.2, 0) is 14.9 Å². The molecule has 1 saturated heterocycles. The van der Waals surface area contributed by atoms with Crippen LogP contribution in [-0.4, -0.2) is 41.2 Å². The summed E-state index contributed by atoms with van der Waals surface area (Å²) in [6.07, 6.45) is 2.16. The fourth-order valence-corrected chi connectivity index (χ4v) is 2.93. The number of aryl methyl sites for hydroxylation is 1. The molecule has 1 aromatic heterocycles. The Labute approximate surface area is 137 Å². The zero-order chi connectivity index (χ0) is 17.2. The van der Waals surface area contributed by atoms with Gasteiger partial charge in [-0.3, -0.25) is 0 Å². The molecule has 1 N–H and O–H groups in total. The molecular weight excluding hydrogens is 294 g/mol. The molecule has 0 saturated carbocycles. The largest absolute Gasteiger partial charge is 0.467 e. The van der Waals surface area contributed by atoms with Crippen LogP contribution in [0.1, 0.15) is 63.1 Å². The first-order valence-corrected chi connectivity index (χ1v) is 8.15.